The molecule has 2 amide bonds. The quantitative estimate of drug-likeness (QED) is 0.304. The molecule has 0 radical (unpaired) electrons. The molecule has 0 aliphatic rings. The van der Waals surface area contributed by atoms with Gasteiger partial charge in [0, 0.05) is 19.0 Å². The fourth-order valence-electron chi connectivity index (χ4n) is 1.25. The van der Waals surface area contributed by atoms with Gasteiger partial charge in [0.25, 0.3) is 0 Å². The molecule has 0 aromatic carbocycles. The molecule has 0 fully saturated rings. The Morgan fingerprint density at radius 2 is 1.94 bits per heavy atom. The van der Waals surface area contributed by atoms with Crippen LogP contribution in [-0.2, 0) is 9.59 Å². The molecule has 94 valence electrons. The largest absolute Gasteiger partial charge is 0.353 e. The Labute approximate surface area is 96.5 Å². The smallest absolute Gasteiger partial charge is 0.235 e. The van der Waals surface area contributed by atoms with E-state index in [2.05, 4.69) is 10.7 Å². The van der Waals surface area contributed by atoms with E-state index in [0.29, 0.717) is 19.5 Å². The Morgan fingerprint density at radius 1 is 1.31 bits per heavy atom. The minimum atomic E-state index is -0.220. The normalized spacial score (nSPS) is 10.6. The highest BCUT2D eigenvalue weighted by molar-refractivity contribution is 5.78. The second-order valence-electron chi connectivity index (χ2n) is 3.91. The molecule has 6 nitrogen and oxygen atoms in total. The van der Waals surface area contributed by atoms with E-state index in [-0.39, 0.29) is 17.9 Å². The van der Waals surface area contributed by atoms with Crippen LogP contribution in [0.5, 0.6) is 0 Å². The molecule has 6 heteroatoms. The molecule has 0 aromatic rings. The van der Waals surface area contributed by atoms with Gasteiger partial charge in [0.15, 0.2) is 0 Å². The predicted molar refractivity (Wildman–Crippen MR) is 62.3 cm³/mol. The number of likely N-dealkylation sites (N-methyl/N-ethyl adjacent to an activating group) is 1. The van der Waals surface area contributed by atoms with E-state index in [1.54, 1.807) is 0 Å². The topological polar surface area (TPSA) is 87.5 Å². The number of carbonyl (C=O) groups excluding carboxylic acids is 2. The number of hydrogen-bond acceptors (Lipinski definition) is 4. The molecule has 0 saturated heterocycles. The van der Waals surface area contributed by atoms with Crippen LogP contribution in [-0.4, -0.2) is 42.4 Å². The van der Waals surface area contributed by atoms with Gasteiger partial charge in [-0.15, -0.1) is 0 Å². The summed E-state index contributed by atoms with van der Waals surface area (Å²) in [5.41, 5.74) is 2.06. The van der Waals surface area contributed by atoms with Crippen molar-refractivity contribution >= 4 is 11.8 Å². The highest BCUT2D eigenvalue weighted by atomic mass is 16.2. The number of nitrogens with two attached hydrogens (primary N) is 1. The van der Waals surface area contributed by atoms with Crippen molar-refractivity contribution in [3.05, 3.63) is 0 Å². The van der Waals surface area contributed by atoms with Crippen LogP contribution in [0.1, 0.15) is 27.2 Å². The number of hydrogen-bond donors (Lipinski definition) is 3. The van der Waals surface area contributed by atoms with E-state index in [1.165, 1.54) is 0 Å². The SMILES string of the molecule is CCN(CCC(=O)NN)CC(=O)NC(C)C. The first-order chi connectivity index (χ1) is 7.49. The van der Waals surface area contributed by atoms with E-state index in [4.69, 9.17) is 5.84 Å². The lowest BCUT2D eigenvalue weighted by atomic mass is 10.3. The molecule has 4 N–H and O–H groups in total. The van der Waals surface area contributed by atoms with Gasteiger partial charge in [0.05, 0.1) is 6.54 Å². The van der Waals surface area contributed by atoms with Crippen LogP contribution in [0.3, 0.4) is 0 Å². The summed E-state index contributed by atoms with van der Waals surface area (Å²) in [7, 11) is 0. The van der Waals surface area contributed by atoms with Crippen LogP contribution in [0.4, 0.5) is 0 Å². The number of nitrogens with zero attached hydrogens (tertiary/aromatic N) is 1. The molecule has 0 bridgehead atoms. The summed E-state index contributed by atoms with van der Waals surface area (Å²) in [6.07, 6.45) is 0.305. The Bertz CT molecular complexity index is 231. The summed E-state index contributed by atoms with van der Waals surface area (Å²) in [6, 6.07) is 0.138. The van der Waals surface area contributed by atoms with E-state index in [9.17, 15) is 9.59 Å². The van der Waals surface area contributed by atoms with Gasteiger partial charge in [-0.3, -0.25) is 19.9 Å². The highest BCUT2D eigenvalue weighted by Crippen LogP contribution is 1.92. The average Bonchev–Trinajstić information content (AvgIpc) is 2.22. The summed E-state index contributed by atoms with van der Waals surface area (Å²) >= 11 is 0. The van der Waals surface area contributed by atoms with Crippen molar-refractivity contribution in [1.29, 1.82) is 0 Å². The second kappa shape index (κ2) is 8.06. The van der Waals surface area contributed by atoms with E-state index >= 15 is 0 Å². The standard InChI is InChI=1S/C10H22N4O2/c1-4-14(6-5-9(15)13-11)7-10(16)12-8(2)3/h8H,4-7,11H2,1-3H3,(H,12,16)(H,13,15). The van der Waals surface area contributed by atoms with Crippen LogP contribution in [0, 0.1) is 0 Å². The van der Waals surface area contributed by atoms with Gasteiger partial charge in [-0.25, -0.2) is 5.84 Å². The zero-order chi connectivity index (χ0) is 12.6. The van der Waals surface area contributed by atoms with E-state index in [0.717, 1.165) is 6.54 Å². The average molecular weight is 230 g/mol. The monoisotopic (exact) mass is 230 g/mol. The third-order valence-electron chi connectivity index (χ3n) is 2.08. The van der Waals surface area contributed by atoms with Gasteiger partial charge < -0.3 is 5.32 Å². The number of hydrazine groups is 1. The van der Waals surface area contributed by atoms with Gasteiger partial charge >= 0.3 is 0 Å². The van der Waals surface area contributed by atoms with E-state index in [1.807, 2.05) is 25.7 Å². The summed E-state index contributed by atoms with van der Waals surface area (Å²) in [4.78, 5) is 24.3. The molecule has 0 atom stereocenters. The summed E-state index contributed by atoms with van der Waals surface area (Å²) in [5.74, 6) is 4.73. The first kappa shape index (κ1) is 14.9. The lowest BCUT2D eigenvalue weighted by Crippen LogP contribution is -2.41. The molecule has 0 spiro atoms. The Kier molecular flexibility index (Phi) is 7.49. The lowest BCUT2D eigenvalue weighted by Gasteiger charge is -2.20. The number of nitrogens with one attached hydrogen (secondary N) is 2. The van der Waals surface area contributed by atoms with Gasteiger partial charge in [-0.1, -0.05) is 6.92 Å². The molecule has 0 unspecified atom stereocenters. The molecule has 0 heterocycles. The van der Waals surface area contributed by atoms with Crippen molar-refractivity contribution in [2.45, 2.75) is 33.2 Å². The van der Waals surface area contributed by atoms with Gasteiger partial charge in [-0.05, 0) is 20.4 Å². The lowest BCUT2D eigenvalue weighted by molar-refractivity contribution is -0.124. The molecule has 0 saturated carbocycles. The fraction of sp³-hybridized carbons (Fsp3) is 0.800. The van der Waals surface area contributed by atoms with Crippen LogP contribution < -0.4 is 16.6 Å². The fourth-order valence-corrected chi connectivity index (χ4v) is 1.25. The Morgan fingerprint density at radius 3 is 2.38 bits per heavy atom. The first-order valence-corrected chi connectivity index (χ1v) is 5.50. The second-order valence-corrected chi connectivity index (χ2v) is 3.91. The molecule has 0 aliphatic carbocycles. The Hall–Kier alpha value is -1.14. The summed E-state index contributed by atoms with van der Waals surface area (Å²) in [5, 5.41) is 2.80. The van der Waals surface area contributed by atoms with Crippen molar-refractivity contribution in [3.63, 3.8) is 0 Å². The van der Waals surface area contributed by atoms with Crippen LogP contribution in [0.15, 0.2) is 0 Å². The number of rotatable bonds is 7. The van der Waals surface area contributed by atoms with E-state index < -0.39 is 0 Å². The van der Waals surface area contributed by atoms with Crippen molar-refractivity contribution in [3.8, 4) is 0 Å². The summed E-state index contributed by atoms with van der Waals surface area (Å²) in [6.45, 7) is 7.34. The molecule has 0 rings (SSSR count). The van der Waals surface area contributed by atoms with Crippen LogP contribution in [0.2, 0.25) is 0 Å². The Balaban J connectivity index is 3.90. The minimum Gasteiger partial charge on any atom is -0.353 e. The maximum Gasteiger partial charge on any atom is 0.235 e. The van der Waals surface area contributed by atoms with Crippen molar-refractivity contribution in [2.75, 3.05) is 19.6 Å². The van der Waals surface area contributed by atoms with Crippen LogP contribution >= 0.6 is 0 Å². The van der Waals surface area contributed by atoms with Crippen molar-refractivity contribution < 1.29 is 9.59 Å². The highest BCUT2D eigenvalue weighted by Gasteiger charge is 2.10. The van der Waals surface area contributed by atoms with Crippen molar-refractivity contribution in [1.82, 2.24) is 15.6 Å². The zero-order valence-electron chi connectivity index (χ0n) is 10.2. The molecular weight excluding hydrogens is 208 g/mol. The van der Waals surface area contributed by atoms with Gasteiger partial charge in [0.2, 0.25) is 11.8 Å². The predicted octanol–water partition coefficient (Wildman–Crippen LogP) is -0.787. The minimum absolute atomic E-state index is 0.0231. The molecule has 0 aromatic heterocycles. The molecule has 16 heavy (non-hydrogen) atoms. The number of carbonyl (C=O) groups is 2. The third-order valence-corrected chi connectivity index (χ3v) is 2.08. The summed E-state index contributed by atoms with van der Waals surface area (Å²) < 4.78 is 0. The van der Waals surface area contributed by atoms with Gasteiger partial charge in [-0.2, -0.15) is 0 Å². The van der Waals surface area contributed by atoms with Gasteiger partial charge in [0.1, 0.15) is 0 Å². The third kappa shape index (κ3) is 7.19. The van der Waals surface area contributed by atoms with Crippen LogP contribution in [0.25, 0.3) is 0 Å². The molecular formula is C10H22N4O2. The maximum atomic E-state index is 11.5. The van der Waals surface area contributed by atoms with Crippen molar-refractivity contribution in [2.24, 2.45) is 5.84 Å². The number of amides is 2. The maximum absolute atomic E-state index is 11.5. The first-order valence-electron chi connectivity index (χ1n) is 5.50. The zero-order valence-corrected chi connectivity index (χ0v) is 10.2. The molecule has 0 aliphatic heterocycles.